The van der Waals surface area contributed by atoms with Crippen LogP contribution in [0.3, 0.4) is 0 Å². The first-order chi connectivity index (χ1) is 11.7. The molecule has 3 aliphatic rings. The number of rotatable bonds is 2. The molecule has 1 aromatic carbocycles. The van der Waals surface area contributed by atoms with E-state index in [9.17, 15) is 14.7 Å². The van der Waals surface area contributed by atoms with Crippen LogP contribution in [0.2, 0.25) is 0 Å². The highest BCUT2D eigenvalue weighted by atomic mass is 16.3. The van der Waals surface area contributed by atoms with E-state index < -0.39 is 0 Å². The number of fused-ring (bicyclic) bond motifs is 7. The normalized spacial score (nSPS) is 24.5. The Labute approximate surface area is 139 Å². The van der Waals surface area contributed by atoms with Crippen molar-refractivity contribution in [3.63, 3.8) is 0 Å². The largest absolute Gasteiger partial charge is 0.395 e. The maximum atomic E-state index is 12.2. The SMILES string of the molecule is O=C1CCc2c1ccc1c2c2c(n1CCO)C=CC1C(=O)CCC21. The second-order valence-corrected chi connectivity index (χ2v) is 7.08. The molecular weight excluding hydrogens is 302 g/mol. The van der Waals surface area contributed by atoms with Crippen molar-refractivity contribution in [3.8, 4) is 0 Å². The second kappa shape index (κ2) is 4.90. The van der Waals surface area contributed by atoms with Gasteiger partial charge in [0, 0.05) is 53.4 Å². The van der Waals surface area contributed by atoms with Crippen LogP contribution in [0, 0.1) is 5.92 Å². The van der Waals surface area contributed by atoms with Crippen LogP contribution in [-0.2, 0) is 17.8 Å². The lowest BCUT2D eigenvalue weighted by atomic mass is 9.81. The zero-order valence-corrected chi connectivity index (χ0v) is 13.4. The number of hydrogen-bond donors (Lipinski definition) is 1. The van der Waals surface area contributed by atoms with E-state index >= 15 is 0 Å². The fourth-order valence-electron chi connectivity index (χ4n) is 4.98. The van der Waals surface area contributed by atoms with Gasteiger partial charge in [0.2, 0.25) is 0 Å². The summed E-state index contributed by atoms with van der Waals surface area (Å²) in [4.78, 5) is 24.4. The molecule has 3 aliphatic carbocycles. The van der Waals surface area contributed by atoms with Crippen molar-refractivity contribution in [2.45, 2.75) is 38.1 Å². The van der Waals surface area contributed by atoms with E-state index in [1.807, 2.05) is 18.2 Å². The smallest absolute Gasteiger partial charge is 0.163 e. The standard InChI is InChI=1S/C20H19NO3/c22-10-9-21-15-5-1-11-13(3-7-17(11)23)19(15)20-14-4-8-18(24)12(14)2-6-16(20)21/h1-2,5-6,11,13,22H,3-4,7-10H2. The van der Waals surface area contributed by atoms with Crippen molar-refractivity contribution < 1.29 is 14.7 Å². The molecular formula is C20H19NO3. The first-order valence-electron chi connectivity index (χ1n) is 8.73. The summed E-state index contributed by atoms with van der Waals surface area (Å²) < 4.78 is 2.16. The zero-order chi connectivity index (χ0) is 16.4. The highest BCUT2D eigenvalue weighted by molar-refractivity contribution is 6.07. The number of aliphatic hydroxyl groups excluding tert-OH is 1. The molecule has 5 rings (SSSR count). The number of hydrogen-bond acceptors (Lipinski definition) is 3. The predicted molar refractivity (Wildman–Crippen MR) is 91.2 cm³/mol. The lowest BCUT2D eigenvalue weighted by Gasteiger charge is -2.22. The highest BCUT2D eigenvalue weighted by Crippen LogP contribution is 2.49. The minimum absolute atomic E-state index is 0.0152. The van der Waals surface area contributed by atoms with Crippen LogP contribution in [0.25, 0.3) is 17.0 Å². The van der Waals surface area contributed by atoms with E-state index in [4.69, 9.17) is 0 Å². The van der Waals surface area contributed by atoms with E-state index in [0.29, 0.717) is 25.2 Å². The minimum Gasteiger partial charge on any atom is -0.395 e. The molecule has 0 spiro atoms. The summed E-state index contributed by atoms with van der Waals surface area (Å²) in [7, 11) is 0. The molecule has 0 aliphatic heterocycles. The molecule has 1 heterocycles. The second-order valence-electron chi connectivity index (χ2n) is 7.08. The van der Waals surface area contributed by atoms with Gasteiger partial charge < -0.3 is 9.67 Å². The molecule has 122 valence electrons. The molecule has 2 unspecified atom stereocenters. The maximum absolute atomic E-state index is 12.2. The summed E-state index contributed by atoms with van der Waals surface area (Å²) in [5.41, 5.74) is 5.44. The molecule has 1 N–H and O–H groups in total. The highest BCUT2D eigenvalue weighted by Gasteiger charge is 2.40. The molecule has 0 saturated heterocycles. The summed E-state index contributed by atoms with van der Waals surface area (Å²) in [6.07, 6.45) is 6.99. The molecule has 0 bridgehead atoms. The van der Waals surface area contributed by atoms with E-state index in [2.05, 4.69) is 10.6 Å². The van der Waals surface area contributed by atoms with Gasteiger partial charge in [0.05, 0.1) is 6.61 Å². The van der Waals surface area contributed by atoms with Gasteiger partial charge in [-0.05, 0) is 42.2 Å². The van der Waals surface area contributed by atoms with Gasteiger partial charge in [0.15, 0.2) is 5.78 Å². The maximum Gasteiger partial charge on any atom is 0.163 e. The molecule has 4 nitrogen and oxygen atoms in total. The summed E-state index contributed by atoms with van der Waals surface area (Å²) in [5, 5.41) is 10.7. The summed E-state index contributed by atoms with van der Waals surface area (Å²) in [5.74, 6) is 0.760. The molecule has 24 heavy (non-hydrogen) atoms. The molecule has 1 fully saturated rings. The Morgan fingerprint density at radius 1 is 1.17 bits per heavy atom. The van der Waals surface area contributed by atoms with Crippen molar-refractivity contribution in [1.82, 2.24) is 4.57 Å². The monoisotopic (exact) mass is 321 g/mol. The third-order valence-electron chi connectivity index (χ3n) is 5.98. The van der Waals surface area contributed by atoms with E-state index in [1.165, 1.54) is 10.9 Å². The van der Waals surface area contributed by atoms with Gasteiger partial charge in [0.1, 0.15) is 5.78 Å². The van der Waals surface area contributed by atoms with Gasteiger partial charge in [-0.3, -0.25) is 9.59 Å². The van der Waals surface area contributed by atoms with E-state index in [0.717, 1.165) is 35.2 Å². The fourth-order valence-corrected chi connectivity index (χ4v) is 4.98. The molecule has 0 radical (unpaired) electrons. The third-order valence-corrected chi connectivity index (χ3v) is 5.98. The number of aryl methyl sites for hydroxylation is 1. The number of aromatic nitrogens is 1. The van der Waals surface area contributed by atoms with Gasteiger partial charge in [-0.1, -0.05) is 6.08 Å². The van der Waals surface area contributed by atoms with Crippen molar-refractivity contribution in [1.29, 1.82) is 0 Å². The number of Topliss-reactive ketones (excluding diaryl/α,β-unsaturated/α-hetero) is 2. The summed E-state index contributed by atoms with van der Waals surface area (Å²) >= 11 is 0. The molecule has 4 heteroatoms. The Kier molecular flexibility index (Phi) is 2.89. The van der Waals surface area contributed by atoms with E-state index in [1.54, 1.807) is 0 Å². The zero-order valence-electron chi connectivity index (χ0n) is 13.4. The topological polar surface area (TPSA) is 59.3 Å². The van der Waals surface area contributed by atoms with Crippen LogP contribution in [0.1, 0.15) is 52.4 Å². The van der Waals surface area contributed by atoms with Crippen molar-refractivity contribution >= 4 is 28.5 Å². The Bertz CT molecular complexity index is 934. The van der Waals surface area contributed by atoms with Crippen LogP contribution in [0.15, 0.2) is 18.2 Å². The van der Waals surface area contributed by atoms with Crippen LogP contribution in [0.4, 0.5) is 0 Å². The van der Waals surface area contributed by atoms with Crippen LogP contribution in [-0.4, -0.2) is 27.8 Å². The Morgan fingerprint density at radius 2 is 2.04 bits per heavy atom. The number of nitrogens with zero attached hydrogens (tertiary/aromatic N) is 1. The van der Waals surface area contributed by atoms with Gasteiger partial charge in [-0.15, -0.1) is 0 Å². The number of allylic oxidation sites excluding steroid dienone is 1. The minimum atomic E-state index is -0.0152. The predicted octanol–water partition coefficient (Wildman–Crippen LogP) is 2.85. The molecule has 1 aromatic heterocycles. The molecule has 2 aromatic rings. The van der Waals surface area contributed by atoms with Crippen LogP contribution < -0.4 is 0 Å². The number of carbonyl (C=O) groups is 2. The molecule has 1 saturated carbocycles. The van der Waals surface area contributed by atoms with Crippen LogP contribution >= 0.6 is 0 Å². The van der Waals surface area contributed by atoms with Crippen molar-refractivity contribution in [3.05, 3.63) is 40.6 Å². The quantitative estimate of drug-likeness (QED) is 0.925. The number of aliphatic hydroxyl groups is 1. The Hall–Kier alpha value is -2.20. The van der Waals surface area contributed by atoms with Crippen molar-refractivity contribution in [2.24, 2.45) is 5.92 Å². The van der Waals surface area contributed by atoms with E-state index in [-0.39, 0.29) is 24.2 Å². The summed E-state index contributed by atoms with van der Waals surface area (Å²) in [6.45, 7) is 0.612. The Balaban J connectivity index is 1.87. The lowest BCUT2D eigenvalue weighted by molar-refractivity contribution is -0.119. The van der Waals surface area contributed by atoms with Gasteiger partial charge in [0.25, 0.3) is 0 Å². The van der Waals surface area contributed by atoms with Gasteiger partial charge in [-0.2, -0.15) is 0 Å². The number of ketones is 2. The van der Waals surface area contributed by atoms with Crippen LogP contribution in [0.5, 0.6) is 0 Å². The first kappa shape index (κ1) is 14.2. The fraction of sp³-hybridized carbons (Fsp3) is 0.400. The summed E-state index contributed by atoms with van der Waals surface area (Å²) in [6, 6.07) is 3.96. The van der Waals surface area contributed by atoms with Gasteiger partial charge in [-0.25, -0.2) is 0 Å². The number of carbonyl (C=O) groups excluding carboxylic acids is 2. The lowest BCUT2D eigenvalue weighted by Crippen LogP contribution is -2.16. The third kappa shape index (κ3) is 1.67. The molecule has 2 atom stereocenters. The van der Waals surface area contributed by atoms with Gasteiger partial charge >= 0.3 is 0 Å². The first-order valence-corrected chi connectivity index (χ1v) is 8.73. The average molecular weight is 321 g/mol. The molecule has 0 amide bonds. The Morgan fingerprint density at radius 3 is 2.88 bits per heavy atom. The van der Waals surface area contributed by atoms with Crippen molar-refractivity contribution in [2.75, 3.05) is 6.61 Å². The number of benzene rings is 1. The average Bonchev–Trinajstić information content (AvgIpc) is 3.24.